The minimum absolute atomic E-state index is 0.0855. The van der Waals surface area contributed by atoms with Gasteiger partial charge in [-0.3, -0.25) is 0 Å². The molecule has 9 heteroatoms. The van der Waals surface area contributed by atoms with E-state index in [0.717, 1.165) is 27.2 Å². The normalized spacial score (nSPS) is 19.3. The molecule has 6 nitrogen and oxygen atoms in total. The van der Waals surface area contributed by atoms with Crippen molar-refractivity contribution in [2.75, 3.05) is 13.1 Å². The smallest absolute Gasteiger partial charge is 0.252 e. The van der Waals surface area contributed by atoms with Gasteiger partial charge >= 0.3 is 0 Å². The van der Waals surface area contributed by atoms with Crippen LogP contribution in [0.4, 0.5) is 0 Å². The van der Waals surface area contributed by atoms with Crippen molar-refractivity contribution >= 4 is 48.5 Å². The molecule has 0 radical (unpaired) electrons. The minimum atomic E-state index is -3.43. The molecule has 1 aliphatic heterocycles. The van der Waals surface area contributed by atoms with Crippen LogP contribution in [0.3, 0.4) is 0 Å². The van der Waals surface area contributed by atoms with Crippen molar-refractivity contribution in [3.8, 4) is 0 Å². The van der Waals surface area contributed by atoms with E-state index < -0.39 is 10.0 Å². The fourth-order valence-corrected chi connectivity index (χ4v) is 6.79. The largest absolute Gasteiger partial charge is 0.316 e. The van der Waals surface area contributed by atoms with E-state index in [1.165, 1.54) is 11.3 Å². The number of imidazole rings is 1. The summed E-state index contributed by atoms with van der Waals surface area (Å²) < 4.78 is 30.2. The van der Waals surface area contributed by atoms with Gasteiger partial charge in [0.15, 0.2) is 5.65 Å². The summed E-state index contributed by atoms with van der Waals surface area (Å²) in [6.45, 7) is 0.966. The van der Waals surface area contributed by atoms with Crippen molar-refractivity contribution in [3.05, 3.63) is 40.1 Å². The van der Waals surface area contributed by atoms with Crippen molar-refractivity contribution in [2.45, 2.75) is 16.5 Å². The summed E-state index contributed by atoms with van der Waals surface area (Å²) in [7, 11) is -1.50. The zero-order valence-electron chi connectivity index (χ0n) is 12.9. The Morgan fingerprint density at radius 3 is 2.88 bits per heavy atom. The van der Waals surface area contributed by atoms with Crippen LogP contribution in [0.1, 0.15) is 18.2 Å². The van der Waals surface area contributed by atoms with Crippen molar-refractivity contribution in [1.82, 2.24) is 18.8 Å². The van der Waals surface area contributed by atoms with Gasteiger partial charge in [-0.05, 0) is 46.6 Å². The highest BCUT2D eigenvalue weighted by atomic mass is 79.9. The molecule has 24 heavy (non-hydrogen) atoms. The third kappa shape index (κ3) is 2.59. The second kappa shape index (κ2) is 5.91. The number of fused-ring (bicyclic) bond motifs is 1. The first-order chi connectivity index (χ1) is 11.5. The highest BCUT2D eigenvalue weighted by Crippen LogP contribution is 2.34. The SMILES string of the molecule is Cn1c([C@@H]2CCN(S(=O)(=O)c3ccc(Br)s3)C2)nc2cccnc21. The third-order valence-corrected chi connectivity index (χ3v) is 8.28. The highest BCUT2D eigenvalue weighted by Gasteiger charge is 2.36. The first-order valence-electron chi connectivity index (χ1n) is 7.49. The number of halogens is 1. The first kappa shape index (κ1) is 16.2. The van der Waals surface area contributed by atoms with Crippen LogP contribution < -0.4 is 0 Å². The molecule has 0 N–H and O–H groups in total. The monoisotopic (exact) mass is 426 g/mol. The molecule has 4 heterocycles. The lowest BCUT2D eigenvalue weighted by molar-refractivity contribution is 0.472. The number of rotatable bonds is 3. The molecule has 126 valence electrons. The van der Waals surface area contributed by atoms with Gasteiger partial charge in [-0.25, -0.2) is 18.4 Å². The van der Waals surface area contributed by atoms with Crippen LogP contribution in [0.5, 0.6) is 0 Å². The number of aryl methyl sites for hydroxylation is 1. The molecule has 0 aliphatic carbocycles. The zero-order chi connectivity index (χ0) is 16.9. The van der Waals surface area contributed by atoms with Gasteiger partial charge in [-0.15, -0.1) is 11.3 Å². The Morgan fingerprint density at radius 1 is 1.33 bits per heavy atom. The standard InChI is InChI=1S/C15H15BrN4O2S2/c1-19-14(18-11-3-2-7-17-15(11)19)10-6-8-20(9-10)24(21,22)13-5-4-12(16)23-13/h2-5,7,10H,6,8-9H2,1H3/t10-/m1/s1. The average Bonchev–Trinajstić information content (AvgIpc) is 3.27. The lowest BCUT2D eigenvalue weighted by atomic mass is 10.1. The Hall–Kier alpha value is -1.29. The van der Waals surface area contributed by atoms with Crippen LogP contribution >= 0.6 is 27.3 Å². The Balaban J connectivity index is 1.63. The molecule has 1 fully saturated rings. The maximum atomic E-state index is 12.8. The van der Waals surface area contributed by atoms with Crippen molar-refractivity contribution in [1.29, 1.82) is 0 Å². The predicted molar refractivity (Wildman–Crippen MR) is 96.6 cm³/mol. The number of sulfonamides is 1. The van der Waals surface area contributed by atoms with E-state index in [1.54, 1.807) is 22.6 Å². The summed E-state index contributed by atoms with van der Waals surface area (Å²) in [6.07, 6.45) is 2.51. The zero-order valence-corrected chi connectivity index (χ0v) is 16.1. The van der Waals surface area contributed by atoms with Gasteiger partial charge in [0.2, 0.25) is 0 Å². The molecule has 0 spiro atoms. The fraction of sp³-hybridized carbons (Fsp3) is 0.333. The van der Waals surface area contributed by atoms with Crippen LogP contribution in [-0.2, 0) is 17.1 Å². The summed E-state index contributed by atoms with van der Waals surface area (Å²) in [4.78, 5) is 9.02. The van der Waals surface area contributed by atoms with Crippen LogP contribution in [0.2, 0.25) is 0 Å². The number of aromatic nitrogens is 3. The quantitative estimate of drug-likeness (QED) is 0.645. The molecule has 0 saturated carbocycles. The molecule has 1 aliphatic rings. The molecule has 1 saturated heterocycles. The molecule has 4 rings (SSSR count). The van der Waals surface area contributed by atoms with Gasteiger partial charge in [0, 0.05) is 32.3 Å². The highest BCUT2D eigenvalue weighted by molar-refractivity contribution is 9.11. The van der Waals surface area contributed by atoms with E-state index in [1.807, 2.05) is 23.7 Å². The average molecular weight is 427 g/mol. The molecule has 3 aromatic heterocycles. The molecule has 0 aromatic carbocycles. The molecule has 0 unspecified atom stereocenters. The minimum Gasteiger partial charge on any atom is -0.316 e. The molecule has 0 bridgehead atoms. The number of thiophene rings is 1. The van der Waals surface area contributed by atoms with Crippen LogP contribution in [-0.4, -0.2) is 40.3 Å². The van der Waals surface area contributed by atoms with Crippen molar-refractivity contribution in [2.24, 2.45) is 7.05 Å². The number of nitrogens with zero attached hydrogens (tertiary/aromatic N) is 4. The maximum Gasteiger partial charge on any atom is 0.252 e. The van der Waals surface area contributed by atoms with E-state index in [0.29, 0.717) is 17.3 Å². The van der Waals surface area contributed by atoms with E-state index in [4.69, 9.17) is 0 Å². The lowest BCUT2D eigenvalue weighted by Gasteiger charge is -2.15. The van der Waals surface area contributed by atoms with Crippen LogP contribution in [0, 0.1) is 0 Å². The molecule has 3 aromatic rings. The van der Waals surface area contributed by atoms with Gasteiger partial charge in [-0.1, -0.05) is 0 Å². The summed E-state index contributed by atoms with van der Waals surface area (Å²) in [6, 6.07) is 7.20. The Kier molecular flexibility index (Phi) is 3.98. The third-order valence-electron chi connectivity index (χ3n) is 4.32. The first-order valence-corrected chi connectivity index (χ1v) is 10.5. The second-order valence-electron chi connectivity index (χ2n) is 5.78. The van der Waals surface area contributed by atoms with Crippen molar-refractivity contribution in [3.63, 3.8) is 0 Å². The summed E-state index contributed by atoms with van der Waals surface area (Å²) in [5.41, 5.74) is 1.68. The van der Waals surface area contributed by atoms with E-state index in [-0.39, 0.29) is 5.92 Å². The molecule has 0 amide bonds. The lowest BCUT2D eigenvalue weighted by Crippen LogP contribution is -2.28. The topological polar surface area (TPSA) is 68.1 Å². The van der Waals surface area contributed by atoms with Crippen molar-refractivity contribution < 1.29 is 8.42 Å². The summed E-state index contributed by atoms with van der Waals surface area (Å²) in [5, 5.41) is 0. The number of pyridine rings is 1. The maximum absolute atomic E-state index is 12.8. The second-order valence-corrected chi connectivity index (χ2v) is 10.4. The predicted octanol–water partition coefficient (Wildman–Crippen LogP) is 2.97. The van der Waals surface area contributed by atoms with E-state index >= 15 is 0 Å². The van der Waals surface area contributed by atoms with Gasteiger partial charge < -0.3 is 4.57 Å². The fourth-order valence-electron chi connectivity index (χ4n) is 3.13. The van der Waals surface area contributed by atoms with Gasteiger partial charge in [0.25, 0.3) is 10.0 Å². The number of hydrogen-bond donors (Lipinski definition) is 0. The van der Waals surface area contributed by atoms with Gasteiger partial charge in [0.05, 0.1) is 3.79 Å². The van der Waals surface area contributed by atoms with Gasteiger partial charge in [-0.2, -0.15) is 4.31 Å². The molecular weight excluding hydrogens is 412 g/mol. The molecule has 1 atom stereocenters. The van der Waals surface area contributed by atoms with Gasteiger partial charge in [0.1, 0.15) is 15.6 Å². The molecular formula is C15H15BrN4O2S2. The van der Waals surface area contributed by atoms with E-state index in [2.05, 4.69) is 25.9 Å². The van der Waals surface area contributed by atoms with Crippen LogP contribution in [0.25, 0.3) is 11.2 Å². The van der Waals surface area contributed by atoms with Crippen LogP contribution in [0.15, 0.2) is 38.5 Å². The Morgan fingerprint density at radius 2 is 2.17 bits per heavy atom. The Bertz CT molecular complexity index is 1010. The Labute approximate surface area is 152 Å². The summed E-state index contributed by atoms with van der Waals surface area (Å²) >= 11 is 4.57. The summed E-state index contributed by atoms with van der Waals surface area (Å²) in [5.74, 6) is 0.983. The van der Waals surface area contributed by atoms with E-state index in [9.17, 15) is 8.42 Å². The number of hydrogen-bond acceptors (Lipinski definition) is 5.